The summed E-state index contributed by atoms with van der Waals surface area (Å²) in [6, 6.07) is 8.03. The van der Waals surface area contributed by atoms with E-state index in [4.69, 9.17) is 0 Å². The second kappa shape index (κ2) is 6.90. The van der Waals surface area contributed by atoms with Crippen molar-refractivity contribution < 1.29 is 4.79 Å². The molecular weight excluding hydrogens is 292 g/mol. The fraction of sp³-hybridized carbons (Fsp3) is 0.500. The Kier molecular flexibility index (Phi) is 5.20. The van der Waals surface area contributed by atoms with Gasteiger partial charge in [0.15, 0.2) is 0 Å². The van der Waals surface area contributed by atoms with Crippen molar-refractivity contribution >= 4 is 21.8 Å². The first kappa shape index (κ1) is 13.6. The highest BCUT2D eigenvalue weighted by molar-refractivity contribution is 9.10. The average Bonchev–Trinajstić information content (AvgIpc) is 2.39. The van der Waals surface area contributed by atoms with Gasteiger partial charge in [-0.1, -0.05) is 28.1 Å². The number of nitrogens with one attached hydrogen (secondary N) is 2. The normalized spacial score (nSPS) is 16.5. The number of carbonyl (C=O) groups excluding carboxylic acids is 1. The lowest BCUT2D eigenvalue weighted by molar-refractivity contribution is -0.122. The van der Waals surface area contributed by atoms with E-state index in [1.165, 1.54) is 0 Å². The topological polar surface area (TPSA) is 41.1 Å². The van der Waals surface area contributed by atoms with E-state index < -0.39 is 0 Å². The molecule has 0 aliphatic carbocycles. The van der Waals surface area contributed by atoms with E-state index in [0.717, 1.165) is 36.0 Å². The predicted octanol–water partition coefficient (Wildman–Crippen LogP) is 2.46. The number of piperidine rings is 1. The third-order valence-electron chi connectivity index (χ3n) is 3.34. The quantitative estimate of drug-likeness (QED) is 0.897. The number of amides is 1. The van der Waals surface area contributed by atoms with Gasteiger partial charge in [-0.2, -0.15) is 0 Å². The number of halogens is 1. The second-order valence-electron chi connectivity index (χ2n) is 4.80. The van der Waals surface area contributed by atoms with Crippen LogP contribution in [0.3, 0.4) is 0 Å². The minimum absolute atomic E-state index is 0.171. The molecule has 0 spiro atoms. The third-order valence-corrected chi connectivity index (χ3v) is 3.86. The van der Waals surface area contributed by atoms with Crippen LogP contribution in [0.2, 0.25) is 0 Å². The van der Waals surface area contributed by atoms with Crippen LogP contribution in [0.25, 0.3) is 0 Å². The van der Waals surface area contributed by atoms with Gasteiger partial charge < -0.3 is 10.6 Å². The van der Waals surface area contributed by atoms with Crippen LogP contribution in [0.15, 0.2) is 28.7 Å². The molecule has 0 radical (unpaired) electrons. The Morgan fingerprint density at radius 3 is 2.61 bits per heavy atom. The summed E-state index contributed by atoms with van der Waals surface area (Å²) >= 11 is 3.40. The molecule has 2 rings (SSSR count). The van der Waals surface area contributed by atoms with E-state index in [0.29, 0.717) is 18.9 Å². The van der Waals surface area contributed by atoms with Gasteiger partial charge in [-0.05, 0) is 49.5 Å². The number of carbonyl (C=O) groups is 1. The monoisotopic (exact) mass is 310 g/mol. The number of hydrogen-bond donors (Lipinski definition) is 2. The minimum atomic E-state index is 0.171. The van der Waals surface area contributed by atoms with Crippen LogP contribution in [-0.2, 0) is 11.3 Å². The predicted molar refractivity (Wildman–Crippen MR) is 76.2 cm³/mol. The molecule has 1 heterocycles. The Labute approximate surface area is 116 Å². The largest absolute Gasteiger partial charge is 0.352 e. The highest BCUT2D eigenvalue weighted by Crippen LogP contribution is 2.15. The van der Waals surface area contributed by atoms with Gasteiger partial charge in [0, 0.05) is 17.4 Å². The lowest BCUT2D eigenvalue weighted by Gasteiger charge is -2.21. The SMILES string of the molecule is O=C(CC1CCNCC1)NCc1ccc(Br)cc1. The lowest BCUT2D eigenvalue weighted by Crippen LogP contribution is -2.32. The summed E-state index contributed by atoms with van der Waals surface area (Å²) in [5.41, 5.74) is 1.14. The van der Waals surface area contributed by atoms with Crippen molar-refractivity contribution in [2.75, 3.05) is 13.1 Å². The molecule has 1 aliphatic rings. The van der Waals surface area contributed by atoms with Crippen LogP contribution in [-0.4, -0.2) is 19.0 Å². The van der Waals surface area contributed by atoms with Crippen molar-refractivity contribution in [2.24, 2.45) is 5.92 Å². The molecule has 1 amide bonds. The summed E-state index contributed by atoms with van der Waals surface area (Å²) in [7, 11) is 0. The molecule has 4 heteroatoms. The van der Waals surface area contributed by atoms with Crippen molar-refractivity contribution in [3.8, 4) is 0 Å². The van der Waals surface area contributed by atoms with Gasteiger partial charge in [-0.3, -0.25) is 4.79 Å². The molecule has 98 valence electrons. The Morgan fingerprint density at radius 1 is 1.28 bits per heavy atom. The first-order valence-electron chi connectivity index (χ1n) is 6.46. The van der Waals surface area contributed by atoms with Crippen LogP contribution in [0.4, 0.5) is 0 Å². The van der Waals surface area contributed by atoms with Crippen molar-refractivity contribution in [3.05, 3.63) is 34.3 Å². The first-order chi connectivity index (χ1) is 8.74. The van der Waals surface area contributed by atoms with Crippen molar-refractivity contribution in [1.82, 2.24) is 10.6 Å². The zero-order valence-electron chi connectivity index (χ0n) is 10.4. The zero-order valence-corrected chi connectivity index (χ0v) is 12.0. The summed E-state index contributed by atoms with van der Waals surface area (Å²) in [6.45, 7) is 2.71. The molecule has 0 atom stereocenters. The summed E-state index contributed by atoms with van der Waals surface area (Å²) in [6.07, 6.45) is 2.90. The molecule has 0 saturated carbocycles. The molecule has 0 unspecified atom stereocenters. The van der Waals surface area contributed by atoms with Crippen LogP contribution in [0.1, 0.15) is 24.8 Å². The summed E-state index contributed by atoms with van der Waals surface area (Å²) in [4.78, 5) is 11.8. The van der Waals surface area contributed by atoms with Crippen LogP contribution >= 0.6 is 15.9 Å². The third kappa shape index (κ3) is 4.42. The molecular formula is C14H19BrN2O. The van der Waals surface area contributed by atoms with Gasteiger partial charge in [-0.25, -0.2) is 0 Å². The Morgan fingerprint density at radius 2 is 1.94 bits per heavy atom. The van der Waals surface area contributed by atoms with Crippen molar-refractivity contribution in [3.63, 3.8) is 0 Å². The van der Waals surface area contributed by atoms with Gasteiger partial charge in [0.05, 0.1) is 0 Å². The molecule has 1 aromatic carbocycles. The standard InChI is InChI=1S/C14H19BrN2O/c15-13-3-1-12(2-4-13)10-17-14(18)9-11-5-7-16-8-6-11/h1-4,11,16H,5-10H2,(H,17,18). The molecule has 0 aromatic heterocycles. The fourth-order valence-electron chi connectivity index (χ4n) is 2.22. The molecule has 3 nitrogen and oxygen atoms in total. The van der Waals surface area contributed by atoms with Gasteiger partial charge >= 0.3 is 0 Å². The Balaban J connectivity index is 1.72. The number of benzene rings is 1. The Hall–Kier alpha value is -0.870. The summed E-state index contributed by atoms with van der Waals surface area (Å²) in [5, 5.41) is 6.31. The summed E-state index contributed by atoms with van der Waals surface area (Å²) < 4.78 is 1.06. The van der Waals surface area contributed by atoms with Gasteiger partial charge in [0.1, 0.15) is 0 Å². The lowest BCUT2D eigenvalue weighted by atomic mass is 9.94. The fourth-order valence-corrected chi connectivity index (χ4v) is 2.49. The molecule has 1 aliphatic heterocycles. The van der Waals surface area contributed by atoms with E-state index in [1.54, 1.807) is 0 Å². The first-order valence-corrected chi connectivity index (χ1v) is 7.25. The van der Waals surface area contributed by atoms with E-state index in [9.17, 15) is 4.79 Å². The molecule has 18 heavy (non-hydrogen) atoms. The van der Waals surface area contributed by atoms with E-state index in [-0.39, 0.29) is 5.91 Å². The van der Waals surface area contributed by atoms with E-state index in [1.807, 2.05) is 24.3 Å². The second-order valence-corrected chi connectivity index (χ2v) is 5.72. The van der Waals surface area contributed by atoms with Crippen LogP contribution in [0, 0.1) is 5.92 Å². The maximum Gasteiger partial charge on any atom is 0.220 e. The summed E-state index contributed by atoms with van der Waals surface area (Å²) in [5.74, 6) is 0.723. The smallest absolute Gasteiger partial charge is 0.220 e. The van der Waals surface area contributed by atoms with Crippen molar-refractivity contribution in [2.45, 2.75) is 25.8 Å². The molecule has 0 bridgehead atoms. The maximum atomic E-state index is 11.8. The van der Waals surface area contributed by atoms with Crippen LogP contribution < -0.4 is 10.6 Å². The molecule has 1 aromatic rings. The minimum Gasteiger partial charge on any atom is -0.352 e. The molecule has 2 N–H and O–H groups in total. The van der Waals surface area contributed by atoms with E-state index >= 15 is 0 Å². The molecule has 1 fully saturated rings. The number of hydrogen-bond acceptors (Lipinski definition) is 2. The average molecular weight is 311 g/mol. The maximum absolute atomic E-state index is 11.8. The highest BCUT2D eigenvalue weighted by atomic mass is 79.9. The van der Waals surface area contributed by atoms with E-state index in [2.05, 4.69) is 26.6 Å². The molecule has 1 saturated heterocycles. The highest BCUT2D eigenvalue weighted by Gasteiger charge is 2.16. The van der Waals surface area contributed by atoms with Crippen LogP contribution in [0.5, 0.6) is 0 Å². The van der Waals surface area contributed by atoms with Gasteiger partial charge in [0.25, 0.3) is 0 Å². The van der Waals surface area contributed by atoms with Gasteiger partial charge in [0.2, 0.25) is 5.91 Å². The van der Waals surface area contributed by atoms with Crippen molar-refractivity contribution in [1.29, 1.82) is 0 Å². The Bertz CT molecular complexity index is 385. The van der Waals surface area contributed by atoms with Gasteiger partial charge in [-0.15, -0.1) is 0 Å². The number of rotatable bonds is 4. The zero-order chi connectivity index (χ0) is 12.8.